The fourth-order valence-corrected chi connectivity index (χ4v) is 1.02. The van der Waals surface area contributed by atoms with Gasteiger partial charge in [-0.1, -0.05) is 0 Å². The van der Waals surface area contributed by atoms with Crippen LogP contribution in [0.25, 0.3) is 0 Å². The van der Waals surface area contributed by atoms with Crippen molar-refractivity contribution < 1.29 is 4.74 Å². The van der Waals surface area contributed by atoms with E-state index >= 15 is 0 Å². The van der Waals surface area contributed by atoms with Crippen LogP contribution in [-0.2, 0) is 0 Å². The van der Waals surface area contributed by atoms with Crippen LogP contribution in [0.1, 0.15) is 12.5 Å². The zero-order valence-corrected chi connectivity index (χ0v) is 8.77. The fourth-order valence-electron chi connectivity index (χ4n) is 1.02. The Labute approximate surface area is 88.4 Å². The molecule has 0 radical (unpaired) electrons. The number of ether oxygens (including phenoxy) is 1. The molecule has 0 aliphatic carbocycles. The van der Waals surface area contributed by atoms with Crippen molar-refractivity contribution in [3.8, 4) is 5.75 Å². The van der Waals surface area contributed by atoms with Crippen molar-refractivity contribution in [3.05, 3.63) is 29.8 Å². The van der Waals surface area contributed by atoms with Crippen LogP contribution in [0.2, 0.25) is 0 Å². The van der Waals surface area contributed by atoms with E-state index in [9.17, 15) is 0 Å². The van der Waals surface area contributed by atoms with Crippen LogP contribution in [0.15, 0.2) is 34.5 Å². The summed E-state index contributed by atoms with van der Waals surface area (Å²) in [5.41, 5.74) is 12.0. The van der Waals surface area contributed by atoms with Crippen molar-refractivity contribution in [3.63, 3.8) is 0 Å². The Kier molecular flexibility index (Phi) is 3.68. The van der Waals surface area contributed by atoms with Crippen LogP contribution in [0.3, 0.4) is 0 Å². The zero-order chi connectivity index (χ0) is 11.3. The van der Waals surface area contributed by atoms with E-state index in [0.29, 0.717) is 0 Å². The second-order valence-corrected chi connectivity index (χ2v) is 2.94. The molecule has 0 saturated carbocycles. The van der Waals surface area contributed by atoms with Gasteiger partial charge in [0.1, 0.15) is 5.75 Å². The largest absolute Gasteiger partial charge is 0.497 e. The molecule has 1 aromatic carbocycles. The molecule has 15 heavy (non-hydrogen) atoms. The number of rotatable bonds is 3. The van der Waals surface area contributed by atoms with Crippen LogP contribution in [0, 0.1) is 0 Å². The average Bonchev–Trinajstić information content (AvgIpc) is 2.26. The maximum absolute atomic E-state index is 5.17. The SMILES string of the molecule is COc1ccc(/C(C)=N\N=C(N)N)cc1. The standard InChI is InChI=1S/C10H14N4O/c1-7(13-14-10(11)12)8-3-5-9(15-2)6-4-8/h3-6H,1-2H3,(H4,11,12,14)/b13-7-. The lowest BCUT2D eigenvalue weighted by Crippen LogP contribution is -2.22. The summed E-state index contributed by atoms with van der Waals surface area (Å²) in [5, 5.41) is 7.44. The summed E-state index contributed by atoms with van der Waals surface area (Å²) in [6.07, 6.45) is 0. The van der Waals surface area contributed by atoms with Gasteiger partial charge >= 0.3 is 0 Å². The molecule has 0 aliphatic heterocycles. The molecule has 0 heterocycles. The molecule has 0 aliphatic rings. The summed E-state index contributed by atoms with van der Waals surface area (Å²) in [6, 6.07) is 7.48. The summed E-state index contributed by atoms with van der Waals surface area (Å²) in [4.78, 5) is 0. The first kappa shape index (κ1) is 11.0. The summed E-state index contributed by atoms with van der Waals surface area (Å²) >= 11 is 0. The van der Waals surface area contributed by atoms with E-state index in [0.717, 1.165) is 17.0 Å². The normalized spacial score (nSPS) is 10.9. The van der Waals surface area contributed by atoms with Crippen molar-refractivity contribution in [1.29, 1.82) is 0 Å². The molecule has 4 N–H and O–H groups in total. The number of methoxy groups -OCH3 is 1. The quantitative estimate of drug-likeness (QED) is 0.433. The van der Waals surface area contributed by atoms with Crippen LogP contribution >= 0.6 is 0 Å². The predicted octanol–water partition coefficient (Wildman–Crippen LogP) is 0.693. The molecule has 0 amide bonds. The van der Waals surface area contributed by atoms with Crippen LogP contribution < -0.4 is 16.2 Å². The minimum atomic E-state index is -0.0529. The van der Waals surface area contributed by atoms with E-state index in [2.05, 4.69) is 10.2 Å². The Balaban J connectivity index is 2.87. The highest BCUT2D eigenvalue weighted by molar-refractivity contribution is 5.99. The fraction of sp³-hybridized carbons (Fsp3) is 0.200. The maximum atomic E-state index is 5.17. The number of hydrogen-bond donors (Lipinski definition) is 2. The molecule has 80 valence electrons. The first-order valence-corrected chi connectivity index (χ1v) is 4.41. The third-order valence-electron chi connectivity index (χ3n) is 1.82. The molecule has 1 aromatic rings. The Bertz CT molecular complexity index is 377. The summed E-state index contributed by atoms with van der Waals surface area (Å²) in [6.45, 7) is 1.83. The third-order valence-corrected chi connectivity index (χ3v) is 1.82. The topological polar surface area (TPSA) is 86.0 Å². The van der Waals surface area contributed by atoms with Gasteiger partial charge < -0.3 is 16.2 Å². The highest BCUT2D eigenvalue weighted by atomic mass is 16.5. The average molecular weight is 206 g/mol. The molecule has 1 rings (SSSR count). The molecule has 5 heteroatoms. The Morgan fingerprint density at radius 1 is 1.13 bits per heavy atom. The first-order valence-electron chi connectivity index (χ1n) is 4.41. The Hall–Kier alpha value is -2.04. The van der Waals surface area contributed by atoms with Gasteiger partial charge in [-0.25, -0.2) is 0 Å². The van der Waals surface area contributed by atoms with Gasteiger partial charge in [0.25, 0.3) is 0 Å². The van der Waals surface area contributed by atoms with Gasteiger partial charge in [-0.05, 0) is 36.8 Å². The van der Waals surface area contributed by atoms with E-state index < -0.39 is 0 Å². The van der Waals surface area contributed by atoms with E-state index in [1.165, 1.54) is 0 Å². The van der Waals surface area contributed by atoms with Gasteiger partial charge in [0.2, 0.25) is 5.96 Å². The highest BCUT2D eigenvalue weighted by Gasteiger charge is 1.97. The van der Waals surface area contributed by atoms with Gasteiger partial charge in [-0.3, -0.25) is 0 Å². The van der Waals surface area contributed by atoms with Gasteiger partial charge in [0, 0.05) is 0 Å². The predicted molar refractivity (Wildman–Crippen MR) is 61.0 cm³/mol. The van der Waals surface area contributed by atoms with Crippen molar-refractivity contribution in [2.24, 2.45) is 21.7 Å². The van der Waals surface area contributed by atoms with Crippen molar-refractivity contribution >= 4 is 11.7 Å². The lowest BCUT2D eigenvalue weighted by molar-refractivity contribution is 0.415. The van der Waals surface area contributed by atoms with Crippen LogP contribution in [0.4, 0.5) is 0 Å². The smallest absolute Gasteiger partial charge is 0.211 e. The molecule has 0 bridgehead atoms. The molecule has 0 aromatic heterocycles. The Morgan fingerprint density at radius 2 is 1.73 bits per heavy atom. The summed E-state index contributed by atoms with van der Waals surface area (Å²) in [7, 11) is 1.62. The van der Waals surface area contributed by atoms with Gasteiger partial charge in [0.05, 0.1) is 12.8 Å². The lowest BCUT2D eigenvalue weighted by atomic mass is 10.1. The molecular weight excluding hydrogens is 192 g/mol. The first-order chi connectivity index (χ1) is 7.13. The molecule has 0 fully saturated rings. The van der Waals surface area contributed by atoms with E-state index in [1.54, 1.807) is 7.11 Å². The van der Waals surface area contributed by atoms with Crippen molar-refractivity contribution in [2.75, 3.05) is 7.11 Å². The zero-order valence-electron chi connectivity index (χ0n) is 8.77. The van der Waals surface area contributed by atoms with E-state index in [1.807, 2.05) is 31.2 Å². The van der Waals surface area contributed by atoms with Gasteiger partial charge in [-0.2, -0.15) is 5.10 Å². The molecule has 0 unspecified atom stereocenters. The lowest BCUT2D eigenvalue weighted by Gasteiger charge is -2.01. The monoisotopic (exact) mass is 206 g/mol. The van der Waals surface area contributed by atoms with Crippen LogP contribution in [-0.4, -0.2) is 18.8 Å². The van der Waals surface area contributed by atoms with Crippen LogP contribution in [0.5, 0.6) is 5.75 Å². The second-order valence-electron chi connectivity index (χ2n) is 2.94. The minimum Gasteiger partial charge on any atom is -0.497 e. The molecular formula is C10H14N4O. The summed E-state index contributed by atoms with van der Waals surface area (Å²) < 4.78 is 5.04. The third kappa shape index (κ3) is 3.30. The number of benzene rings is 1. The molecule has 0 spiro atoms. The Morgan fingerprint density at radius 3 is 2.20 bits per heavy atom. The highest BCUT2D eigenvalue weighted by Crippen LogP contribution is 2.11. The summed E-state index contributed by atoms with van der Waals surface area (Å²) in [5.74, 6) is 0.747. The number of nitrogens with zero attached hydrogens (tertiary/aromatic N) is 2. The molecule has 0 atom stereocenters. The van der Waals surface area contributed by atoms with Crippen molar-refractivity contribution in [2.45, 2.75) is 6.92 Å². The molecule has 5 nitrogen and oxygen atoms in total. The van der Waals surface area contributed by atoms with Gasteiger partial charge in [0.15, 0.2) is 0 Å². The van der Waals surface area contributed by atoms with E-state index in [4.69, 9.17) is 16.2 Å². The number of nitrogens with two attached hydrogens (primary N) is 2. The molecule has 0 saturated heterocycles. The maximum Gasteiger partial charge on any atom is 0.211 e. The minimum absolute atomic E-state index is 0.0529. The van der Waals surface area contributed by atoms with E-state index in [-0.39, 0.29) is 5.96 Å². The number of guanidine groups is 1. The van der Waals surface area contributed by atoms with Crippen molar-refractivity contribution in [1.82, 2.24) is 0 Å². The van der Waals surface area contributed by atoms with Gasteiger partial charge in [-0.15, -0.1) is 5.10 Å². The number of hydrogen-bond acceptors (Lipinski definition) is 3. The second kappa shape index (κ2) is 4.99.